The predicted octanol–water partition coefficient (Wildman–Crippen LogP) is 3.84. The second-order valence-corrected chi connectivity index (χ2v) is 6.44. The summed E-state index contributed by atoms with van der Waals surface area (Å²) in [4.78, 5) is 5.71. The molecule has 3 nitrogen and oxygen atoms in total. The number of aromatic nitrogens is 2. The zero-order valence-electron chi connectivity index (χ0n) is 13.8. The van der Waals surface area contributed by atoms with Crippen LogP contribution in [0.3, 0.4) is 0 Å². The number of H-pyrrole nitrogens is 1. The molecule has 0 amide bonds. The topological polar surface area (TPSA) is 22.9 Å². The molecular formula is C19H24N3+. The fourth-order valence-corrected chi connectivity index (χ4v) is 2.83. The summed E-state index contributed by atoms with van der Waals surface area (Å²) in [5.74, 6) is 1.78. The third kappa shape index (κ3) is 2.71. The van der Waals surface area contributed by atoms with E-state index in [-0.39, 0.29) is 0 Å². The first kappa shape index (κ1) is 14.6. The van der Waals surface area contributed by atoms with E-state index in [1.807, 2.05) is 0 Å². The highest BCUT2D eigenvalue weighted by Crippen LogP contribution is 2.22. The number of nitrogens with zero attached hydrogens (tertiary/aromatic N) is 2. The Morgan fingerprint density at radius 2 is 1.68 bits per heavy atom. The third-order valence-electron chi connectivity index (χ3n) is 3.92. The number of rotatable bonds is 4. The van der Waals surface area contributed by atoms with Crippen molar-refractivity contribution in [1.29, 1.82) is 0 Å². The van der Waals surface area contributed by atoms with Crippen LogP contribution in [0.5, 0.6) is 0 Å². The molecule has 114 valence electrons. The molecule has 0 fully saturated rings. The number of aromatic amines is 1. The summed E-state index contributed by atoms with van der Waals surface area (Å²) >= 11 is 0. The molecule has 0 aliphatic carbocycles. The van der Waals surface area contributed by atoms with E-state index in [4.69, 9.17) is 0 Å². The van der Waals surface area contributed by atoms with Gasteiger partial charge in [0.15, 0.2) is 11.0 Å². The molecule has 0 atom stereocenters. The molecule has 0 radical (unpaired) electrons. The van der Waals surface area contributed by atoms with Gasteiger partial charge in [0, 0.05) is 19.8 Å². The van der Waals surface area contributed by atoms with Gasteiger partial charge < -0.3 is 4.90 Å². The highest BCUT2D eigenvalue weighted by Gasteiger charge is 2.20. The highest BCUT2D eigenvalue weighted by atomic mass is 15.1. The average Bonchev–Trinajstić information content (AvgIpc) is 2.86. The molecular weight excluding hydrogens is 270 g/mol. The summed E-state index contributed by atoms with van der Waals surface area (Å²) in [7, 11) is 4.13. The van der Waals surface area contributed by atoms with Crippen molar-refractivity contribution in [2.75, 3.05) is 19.0 Å². The molecule has 0 spiro atoms. The monoisotopic (exact) mass is 294 g/mol. The molecule has 1 N–H and O–H groups in total. The van der Waals surface area contributed by atoms with Crippen LogP contribution in [0, 0.1) is 5.92 Å². The van der Waals surface area contributed by atoms with Crippen molar-refractivity contribution in [3.05, 3.63) is 48.5 Å². The Kier molecular flexibility index (Phi) is 3.88. The number of fused-ring (bicyclic) bond motifs is 1. The smallest absolute Gasteiger partial charge is 0.287 e. The number of benzene rings is 2. The minimum absolute atomic E-state index is 0.601. The lowest BCUT2D eigenvalue weighted by Crippen LogP contribution is -2.37. The number of nitrogens with one attached hydrogen (secondary N) is 1. The molecule has 0 aliphatic rings. The van der Waals surface area contributed by atoms with Crippen LogP contribution in [0.1, 0.15) is 13.8 Å². The first-order valence-corrected chi connectivity index (χ1v) is 7.84. The Balaban J connectivity index is 2.12. The van der Waals surface area contributed by atoms with Gasteiger partial charge in [0.05, 0.1) is 12.1 Å². The van der Waals surface area contributed by atoms with Gasteiger partial charge in [-0.05, 0) is 42.3 Å². The lowest BCUT2D eigenvalue weighted by atomic mass is 10.1. The summed E-state index contributed by atoms with van der Waals surface area (Å²) in [6, 6.07) is 17.2. The molecule has 0 saturated carbocycles. The second kappa shape index (κ2) is 5.84. The molecule has 0 saturated heterocycles. The maximum absolute atomic E-state index is 3.58. The standard InChI is InChI=1S/C19H23N3/c1-14(2)13-22-18-8-6-5-7-17(18)20-19(22)15-9-11-16(12-10-15)21(3)4/h5-12,14H,13H2,1-4H3/p+1. The van der Waals surface area contributed by atoms with Crippen LogP contribution in [0.2, 0.25) is 0 Å². The largest absolute Gasteiger partial charge is 0.378 e. The first-order valence-electron chi connectivity index (χ1n) is 7.84. The van der Waals surface area contributed by atoms with Crippen LogP contribution in [-0.4, -0.2) is 19.1 Å². The quantitative estimate of drug-likeness (QED) is 0.726. The molecule has 0 unspecified atom stereocenters. The van der Waals surface area contributed by atoms with E-state index in [9.17, 15) is 0 Å². The summed E-state index contributed by atoms with van der Waals surface area (Å²) < 4.78 is 2.39. The van der Waals surface area contributed by atoms with E-state index in [1.54, 1.807) is 0 Å². The van der Waals surface area contributed by atoms with Crippen molar-refractivity contribution in [2.24, 2.45) is 5.92 Å². The average molecular weight is 294 g/mol. The SMILES string of the molecule is CC(C)C[n+]1c(-c2ccc(N(C)C)cc2)[nH]c2ccccc21. The first-order chi connectivity index (χ1) is 10.6. The van der Waals surface area contributed by atoms with Gasteiger partial charge in [0.1, 0.15) is 0 Å². The number of hydrogen-bond donors (Lipinski definition) is 1. The molecule has 1 heterocycles. The minimum Gasteiger partial charge on any atom is -0.378 e. The fourth-order valence-electron chi connectivity index (χ4n) is 2.83. The van der Waals surface area contributed by atoms with Crippen molar-refractivity contribution in [3.8, 4) is 11.4 Å². The summed E-state index contributed by atoms with van der Waals surface area (Å²) in [6.45, 7) is 5.52. The maximum Gasteiger partial charge on any atom is 0.287 e. The van der Waals surface area contributed by atoms with E-state index in [2.05, 4.69) is 90.9 Å². The van der Waals surface area contributed by atoms with Gasteiger partial charge in [-0.15, -0.1) is 0 Å². The Morgan fingerprint density at radius 3 is 2.32 bits per heavy atom. The molecule has 1 aromatic heterocycles. The summed E-state index contributed by atoms with van der Waals surface area (Å²) in [5.41, 5.74) is 4.90. The van der Waals surface area contributed by atoms with Gasteiger partial charge in [-0.1, -0.05) is 26.0 Å². The van der Waals surface area contributed by atoms with Crippen LogP contribution in [0.15, 0.2) is 48.5 Å². The van der Waals surface area contributed by atoms with E-state index < -0.39 is 0 Å². The molecule has 22 heavy (non-hydrogen) atoms. The van der Waals surface area contributed by atoms with Crippen LogP contribution in [-0.2, 0) is 6.54 Å². The van der Waals surface area contributed by atoms with E-state index in [0.29, 0.717) is 5.92 Å². The van der Waals surface area contributed by atoms with Crippen molar-refractivity contribution in [1.82, 2.24) is 4.98 Å². The highest BCUT2D eigenvalue weighted by molar-refractivity contribution is 5.74. The van der Waals surface area contributed by atoms with Gasteiger partial charge in [-0.3, -0.25) is 0 Å². The van der Waals surface area contributed by atoms with Crippen LogP contribution < -0.4 is 9.47 Å². The Labute approximate surface area is 132 Å². The number of anilines is 1. The second-order valence-electron chi connectivity index (χ2n) is 6.44. The molecule has 0 aliphatic heterocycles. The van der Waals surface area contributed by atoms with Crippen LogP contribution in [0.4, 0.5) is 5.69 Å². The normalized spacial score (nSPS) is 11.3. The number of imidazole rings is 1. The van der Waals surface area contributed by atoms with Gasteiger partial charge in [0.25, 0.3) is 5.82 Å². The van der Waals surface area contributed by atoms with Crippen LogP contribution >= 0.6 is 0 Å². The van der Waals surface area contributed by atoms with Crippen molar-refractivity contribution < 1.29 is 4.57 Å². The number of hydrogen-bond acceptors (Lipinski definition) is 1. The van der Waals surface area contributed by atoms with Gasteiger partial charge in [-0.25, -0.2) is 9.55 Å². The molecule has 3 aromatic rings. The van der Waals surface area contributed by atoms with E-state index in [0.717, 1.165) is 6.54 Å². The molecule has 3 rings (SSSR count). The van der Waals surface area contributed by atoms with Crippen LogP contribution in [0.25, 0.3) is 22.4 Å². The van der Waals surface area contributed by atoms with E-state index >= 15 is 0 Å². The Morgan fingerprint density at radius 1 is 1.00 bits per heavy atom. The molecule has 3 heteroatoms. The van der Waals surface area contributed by atoms with Crippen molar-refractivity contribution >= 4 is 16.7 Å². The summed E-state index contributed by atoms with van der Waals surface area (Å²) in [5, 5.41) is 0. The zero-order chi connectivity index (χ0) is 15.7. The Bertz CT molecular complexity index is 767. The van der Waals surface area contributed by atoms with Crippen molar-refractivity contribution in [2.45, 2.75) is 20.4 Å². The summed E-state index contributed by atoms with van der Waals surface area (Å²) in [6.07, 6.45) is 0. The molecule has 0 bridgehead atoms. The maximum atomic E-state index is 3.58. The Hall–Kier alpha value is -2.29. The lowest BCUT2D eigenvalue weighted by Gasteiger charge is -2.12. The van der Waals surface area contributed by atoms with E-state index in [1.165, 1.54) is 28.1 Å². The van der Waals surface area contributed by atoms with Gasteiger partial charge >= 0.3 is 0 Å². The van der Waals surface area contributed by atoms with Gasteiger partial charge in [-0.2, -0.15) is 0 Å². The third-order valence-corrected chi connectivity index (χ3v) is 3.92. The number of para-hydroxylation sites is 2. The minimum atomic E-state index is 0.601. The lowest BCUT2D eigenvalue weighted by molar-refractivity contribution is -0.666. The predicted molar refractivity (Wildman–Crippen MR) is 93.1 cm³/mol. The van der Waals surface area contributed by atoms with Crippen molar-refractivity contribution in [3.63, 3.8) is 0 Å². The fraction of sp³-hybridized carbons (Fsp3) is 0.316. The molecule has 2 aromatic carbocycles. The van der Waals surface area contributed by atoms with Gasteiger partial charge in [0.2, 0.25) is 0 Å². The zero-order valence-corrected chi connectivity index (χ0v) is 13.8.